The third kappa shape index (κ3) is 5.13. The van der Waals surface area contributed by atoms with Crippen LogP contribution in [0.2, 0.25) is 5.02 Å². The van der Waals surface area contributed by atoms with E-state index in [4.69, 9.17) is 22.1 Å². The number of amides is 1. The van der Waals surface area contributed by atoms with E-state index in [9.17, 15) is 4.79 Å². The Hall–Kier alpha value is -0.810. The first-order valence-electron chi connectivity index (χ1n) is 7.32. The van der Waals surface area contributed by atoms with E-state index in [1.807, 2.05) is 24.3 Å². The molecule has 3 N–H and O–H groups in total. The van der Waals surface area contributed by atoms with Gasteiger partial charge in [0.1, 0.15) is 0 Å². The van der Waals surface area contributed by atoms with Crippen LogP contribution in [0.5, 0.6) is 0 Å². The molecule has 0 saturated heterocycles. The van der Waals surface area contributed by atoms with Gasteiger partial charge < -0.3 is 15.8 Å². The van der Waals surface area contributed by atoms with Crippen LogP contribution in [-0.2, 0) is 9.53 Å². The molecule has 0 radical (unpaired) electrons. The second kappa shape index (κ2) is 8.73. The Kier molecular flexibility index (Phi) is 7.63. The van der Waals surface area contributed by atoms with Gasteiger partial charge in [0.15, 0.2) is 0 Å². The average Bonchev–Trinajstić information content (AvgIpc) is 3.20. The highest BCUT2D eigenvalue weighted by atomic mass is 35.5. The number of hydrogen-bond acceptors (Lipinski definition) is 3. The van der Waals surface area contributed by atoms with Crippen LogP contribution >= 0.6 is 24.0 Å². The summed E-state index contributed by atoms with van der Waals surface area (Å²) in [4.78, 5) is 12.2. The van der Waals surface area contributed by atoms with Crippen molar-refractivity contribution in [3.05, 3.63) is 34.9 Å². The van der Waals surface area contributed by atoms with E-state index in [1.54, 1.807) is 7.11 Å². The number of nitrogens with two attached hydrogens (primary N) is 1. The van der Waals surface area contributed by atoms with E-state index in [0.29, 0.717) is 23.4 Å². The van der Waals surface area contributed by atoms with Gasteiger partial charge >= 0.3 is 0 Å². The number of methoxy groups -OCH3 is 1. The lowest BCUT2D eigenvalue weighted by Crippen LogP contribution is -2.35. The van der Waals surface area contributed by atoms with Gasteiger partial charge in [0.2, 0.25) is 5.91 Å². The molecular formula is C16H24Cl2N2O2. The van der Waals surface area contributed by atoms with E-state index < -0.39 is 0 Å². The average molecular weight is 347 g/mol. The molecule has 0 spiro atoms. The molecule has 1 aliphatic rings. The lowest BCUT2D eigenvalue weighted by molar-refractivity contribution is -0.124. The fourth-order valence-electron chi connectivity index (χ4n) is 2.63. The van der Waals surface area contributed by atoms with E-state index in [1.165, 1.54) is 0 Å². The normalized spacial score (nSPS) is 22.4. The summed E-state index contributed by atoms with van der Waals surface area (Å²) in [6, 6.07) is 7.73. The van der Waals surface area contributed by atoms with Crippen LogP contribution < -0.4 is 11.1 Å². The molecule has 1 saturated carbocycles. The van der Waals surface area contributed by atoms with Crippen molar-refractivity contribution in [2.24, 2.45) is 17.6 Å². The first-order valence-corrected chi connectivity index (χ1v) is 7.70. The van der Waals surface area contributed by atoms with Crippen molar-refractivity contribution in [1.82, 2.24) is 5.32 Å². The molecule has 0 aliphatic heterocycles. The van der Waals surface area contributed by atoms with Gasteiger partial charge in [0.25, 0.3) is 0 Å². The summed E-state index contributed by atoms with van der Waals surface area (Å²) in [5, 5.41) is 3.83. The maximum atomic E-state index is 12.2. The third-order valence-corrected chi connectivity index (χ3v) is 4.41. The lowest BCUT2D eigenvalue weighted by atomic mass is 10.0. The molecule has 0 heterocycles. The van der Waals surface area contributed by atoms with E-state index in [0.717, 1.165) is 12.0 Å². The number of carbonyl (C=O) groups excluding carboxylic acids is 1. The molecule has 0 bridgehead atoms. The van der Waals surface area contributed by atoms with Crippen molar-refractivity contribution >= 4 is 29.9 Å². The molecule has 124 valence electrons. The van der Waals surface area contributed by atoms with Crippen molar-refractivity contribution in [1.29, 1.82) is 0 Å². The highest BCUT2D eigenvalue weighted by Gasteiger charge is 2.41. The predicted molar refractivity (Wildman–Crippen MR) is 91.3 cm³/mol. The van der Waals surface area contributed by atoms with Gasteiger partial charge in [0.05, 0.1) is 18.6 Å². The largest absolute Gasteiger partial charge is 0.380 e. The van der Waals surface area contributed by atoms with E-state index in [2.05, 4.69) is 12.2 Å². The second-order valence-electron chi connectivity index (χ2n) is 5.77. The number of ether oxygens (including phenoxy) is 1. The summed E-state index contributed by atoms with van der Waals surface area (Å²) >= 11 is 5.93. The SMILES string of the molecule is COC(CN)CC(=O)NC(c1ccc(Cl)cc1)C1CC1C.Cl. The molecule has 4 atom stereocenters. The molecule has 4 nitrogen and oxygen atoms in total. The Morgan fingerprint density at radius 2 is 2.05 bits per heavy atom. The van der Waals surface area contributed by atoms with Crippen molar-refractivity contribution in [3.8, 4) is 0 Å². The summed E-state index contributed by atoms with van der Waals surface area (Å²) in [6.45, 7) is 2.55. The Balaban J connectivity index is 0.00000242. The molecule has 1 aromatic rings. The fraction of sp³-hybridized carbons (Fsp3) is 0.562. The molecule has 1 aromatic carbocycles. The number of halogens is 2. The smallest absolute Gasteiger partial charge is 0.223 e. The zero-order valence-electron chi connectivity index (χ0n) is 12.9. The minimum Gasteiger partial charge on any atom is -0.380 e. The van der Waals surface area contributed by atoms with Gasteiger partial charge in [-0.3, -0.25) is 4.79 Å². The van der Waals surface area contributed by atoms with Crippen molar-refractivity contribution in [2.75, 3.05) is 13.7 Å². The van der Waals surface area contributed by atoms with Gasteiger partial charge in [-0.2, -0.15) is 0 Å². The standard InChI is InChI=1S/C16H23ClN2O2.ClH/c1-10-7-14(10)16(11-3-5-12(17)6-4-11)19-15(20)8-13(9-18)21-2;/h3-6,10,13-14,16H,7-9,18H2,1-2H3,(H,19,20);1H. The second-order valence-corrected chi connectivity index (χ2v) is 6.21. The van der Waals surface area contributed by atoms with Crippen molar-refractivity contribution < 1.29 is 9.53 Å². The lowest BCUT2D eigenvalue weighted by Gasteiger charge is -2.21. The Morgan fingerprint density at radius 1 is 1.45 bits per heavy atom. The first kappa shape index (κ1) is 19.2. The quantitative estimate of drug-likeness (QED) is 0.797. The summed E-state index contributed by atoms with van der Waals surface area (Å²) < 4.78 is 5.17. The van der Waals surface area contributed by atoms with Crippen LogP contribution in [0.4, 0.5) is 0 Å². The van der Waals surface area contributed by atoms with Crippen molar-refractivity contribution in [3.63, 3.8) is 0 Å². The highest BCUT2D eigenvalue weighted by molar-refractivity contribution is 6.30. The number of hydrogen-bond donors (Lipinski definition) is 2. The molecule has 1 fully saturated rings. The number of nitrogens with one attached hydrogen (secondary N) is 1. The van der Waals surface area contributed by atoms with E-state index in [-0.39, 0.29) is 36.9 Å². The highest BCUT2D eigenvalue weighted by Crippen LogP contribution is 2.47. The summed E-state index contributed by atoms with van der Waals surface area (Å²) in [5.41, 5.74) is 6.67. The first-order chi connectivity index (χ1) is 10.0. The topological polar surface area (TPSA) is 64.3 Å². The molecule has 6 heteroatoms. The molecule has 1 aliphatic carbocycles. The van der Waals surface area contributed by atoms with Crippen LogP contribution in [0.3, 0.4) is 0 Å². The van der Waals surface area contributed by atoms with Gasteiger partial charge in [-0.05, 0) is 36.0 Å². The number of rotatable bonds is 7. The molecule has 22 heavy (non-hydrogen) atoms. The van der Waals surface area contributed by atoms with Gasteiger partial charge in [0, 0.05) is 18.7 Å². The minimum absolute atomic E-state index is 0. The Morgan fingerprint density at radius 3 is 2.50 bits per heavy atom. The number of carbonyl (C=O) groups is 1. The molecular weight excluding hydrogens is 323 g/mol. The van der Waals surface area contributed by atoms with Crippen LogP contribution in [0.1, 0.15) is 31.4 Å². The third-order valence-electron chi connectivity index (χ3n) is 4.15. The molecule has 2 rings (SSSR count). The Bertz CT molecular complexity index is 478. The predicted octanol–water partition coefficient (Wildman–Crippen LogP) is 2.94. The van der Waals surface area contributed by atoms with Crippen molar-refractivity contribution in [2.45, 2.75) is 31.9 Å². The minimum atomic E-state index is -0.229. The van der Waals surface area contributed by atoms with Gasteiger partial charge in [-0.15, -0.1) is 12.4 Å². The van der Waals surface area contributed by atoms with Crippen LogP contribution in [0.25, 0.3) is 0 Å². The summed E-state index contributed by atoms with van der Waals surface area (Å²) in [6.07, 6.45) is 1.20. The van der Waals surface area contributed by atoms with Crippen LogP contribution in [-0.4, -0.2) is 25.7 Å². The molecule has 0 aromatic heterocycles. The summed E-state index contributed by atoms with van der Waals surface area (Å²) in [7, 11) is 1.57. The van der Waals surface area contributed by atoms with Crippen LogP contribution in [0, 0.1) is 11.8 Å². The van der Waals surface area contributed by atoms with Gasteiger partial charge in [-0.25, -0.2) is 0 Å². The zero-order chi connectivity index (χ0) is 15.4. The summed E-state index contributed by atoms with van der Waals surface area (Å²) in [5.74, 6) is 1.11. The van der Waals surface area contributed by atoms with E-state index >= 15 is 0 Å². The zero-order valence-corrected chi connectivity index (χ0v) is 14.5. The molecule has 1 amide bonds. The number of benzene rings is 1. The maximum absolute atomic E-state index is 12.2. The monoisotopic (exact) mass is 346 g/mol. The maximum Gasteiger partial charge on any atom is 0.223 e. The van der Waals surface area contributed by atoms with Crippen LogP contribution in [0.15, 0.2) is 24.3 Å². The Labute approximate surface area is 143 Å². The van der Waals surface area contributed by atoms with Gasteiger partial charge in [-0.1, -0.05) is 30.7 Å². The fourth-order valence-corrected chi connectivity index (χ4v) is 2.75. The molecule has 4 unspecified atom stereocenters.